The molecule has 86 valence electrons. The van der Waals surface area contributed by atoms with Gasteiger partial charge in [0.2, 0.25) is 0 Å². The summed E-state index contributed by atoms with van der Waals surface area (Å²) in [6.07, 6.45) is 1.89. The molecule has 1 N–H and O–H groups in total. The second kappa shape index (κ2) is 5.68. The molecule has 1 aliphatic heterocycles. The average molecular weight is 217 g/mol. The second-order valence-corrected chi connectivity index (χ2v) is 3.96. The van der Waals surface area contributed by atoms with E-state index in [0.29, 0.717) is 0 Å². The van der Waals surface area contributed by atoms with Gasteiger partial charge in [0.25, 0.3) is 0 Å². The quantitative estimate of drug-likeness (QED) is 0.771. The van der Waals surface area contributed by atoms with Crippen LogP contribution in [0.1, 0.15) is 0 Å². The van der Waals surface area contributed by atoms with Crippen molar-refractivity contribution in [1.29, 1.82) is 0 Å². The number of rotatable bonds is 4. The van der Waals surface area contributed by atoms with Crippen molar-refractivity contribution in [2.75, 3.05) is 37.6 Å². The van der Waals surface area contributed by atoms with E-state index in [-0.39, 0.29) is 0 Å². The Morgan fingerprint density at radius 1 is 1.12 bits per heavy atom. The van der Waals surface area contributed by atoms with Gasteiger partial charge in [-0.3, -0.25) is 5.43 Å². The zero-order valence-corrected chi connectivity index (χ0v) is 9.60. The predicted octanol–water partition coefficient (Wildman–Crippen LogP) is 1.50. The maximum absolute atomic E-state index is 3.71. The third-order valence-corrected chi connectivity index (χ3v) is 2.86. The minimum absolute atomic E-state index is 0.853. The van der Waals surface area contributed by atoms with Crippen molar-refractivity contribution in [3.05, 3.63) is 43.0 Å². The number of piperazine rings is 1. The van der Waals surface area contributed by atoms with E-state index < -0.39 is 0 Å². The largest absolute Gasteiger partial charge is 0.369 e. The highest BCUT2D eigenvalue weighted by Crippen LogP contribution is 2.14. The molecule has 0 atom stereocenters. The molecule has 1 aromatic carbocycles. The van der Waals surface area contributed by atoms with Crippen LogP contribution in [0.4, 0.5) is 5.69 Å². The van der Waals surface area contributed by atoms with Crippen molar-refractivity contribution in [2.45, 2.75) is 0 Å². The summed E-state index contributed by atoms with van der Waals surface area (Å²) in [4.78, 5) is 2.42. The molecule has 2 rings (SSSR count). The van der Waals surface area contributed by atoms with Crippen LogP contribution >= 0.6 is 0 Å². The smallest absolute Gasteiger partial charge is 0.0367 e. The molecule has 1 heterocycles. The molecule has 1 aliphatic rings. The first-order valence-electron chi connectivity index (χ1n) is 5.79. The molecule has 0 saturated carbocycles. The summed E-state index contributed by atoms with van der Waals surface area (Å²) in [7, 11) is 0. The van der Waals surface area contributed by atoms with Crippen LogP contribution in [0.5, 0.6) is 0 Å². The van der Waals surface area contributed by atoms with Crippen LogP contribution in [0.3, 0.4) is 0 Å². The molecule has 3 heteroatoms. The Morgan fingerprint density at radius 3 is 2.44 bits per heavy atom. The highest BCUT2D eigenvalue weighted by Gasteiger charge is 2.15. The van der Waals surface area contributed by atoms with Crippen LogP contribution in [0.2, 0.25) is 0 Å². The van der Waals surface area contributed by atoms with Gasteiger partial charge < -0.3 is 4.90 Å². The van der Waals surface area contributed by atoms with E-state index in [9.17, 15) is 0 Å². The maximum atomic E-state index is 3.71. The summed E-state index contributed by atoms with van der Waals surface area (Å²) in [5.41, 5.74) is 4.66. The van der Waals surface area contributed by atoms with Crippen molar-refractivity contribution < 1.29 is 0 Å². The van der Waals surface area contributed by atoms with Crippen LogP contribution in [0, 0.1) is 0 Å². The third kappa shape index (κ3) is 2.84. The Balaban J connectivity index is 1.83. The monoisotopic (exact) mass is 217 g/mol. The van der Waals surface area contributed by atoms with Gasteiger partial charge in [-0.15, -0.1) is 6.58 Å². The van der Waals surface area contributed by atoms with E-state index in [1.165, 1.54) is 5.69 Å². The molecular formula is C13H19N3. The van der Waals surface area contributed by atoms with Gasteiger partial charge in [-0.25, -0.2) is 5.01 Å². The van der Waals surface area contributed by atoms with E-state index in [4.69, 9.17) is 0 Å². The SMILES string of the molecule is C=CCNN1CCN(c2ccccc2)CC1. The number of nitrogens with one attached hydrogen (secondary N) is 1. The number of nitrogens with zero attached hydrogens (tertiary/aromatic N) is 2. The van der Waals surface area contributed by atoms with Gasteiger partial charge in [0.05, 0.1) is 0 Å². The molecule has 1 aromatic rings. The molecule has 0 spiro atoms. The van der Waals surface area contributed by atoms with Crippen molar-refractivity contribution in [1.82, 2.24) is 10.4 Å². The maximum Gasteiger partial charge on any atom is 0.0367 e. The second-order valence-electron chi connectivity index (χ2n) is 3.96. The summed E-state index contributed by atoms with van der Waals surface area (Å²) >= 11 is 0. The van der Waals surface area contributed by atoms with E-state index in [1.807, 2.05) is 6.08 Å². The van der Waals surface area contributed by atoms with E-state index in [1.54, 1.807) is 0 Å². The molecule has 0 aromatic heterocycles. The zero-order valence-electron chi connectivity index (χ0n) is 9.60. The molecular weight excluding hydrogens is 198 g/mol. The summed E-state index contributed by atoms with van der Waals surface area (Å²) < 4.78 is 0. The number of hydrogen-bond acceptors (Lipinski definition) is 3. The Morgan fingerprint density at radius 2 is 1.81 bits per heavy atom. The van der Waals surface area contributed by atoms with Gasteiger partial charge in [-0.2, -0.15) is 0 Å². The number of para-hydroxylation sites is 1. The molecule has 16 heavy (non-hydrogen) atoms. The molecule has 0 unspecified atom stereocenters. The molecule has 0 aliphatic carbocycles. The Bertz CT molecular complexity index is 315. The van der Waals surface area contributed by atoms with Crippen LogP contribution in [0.15, 0.2) is 43.0 Å². The topological polar surface area (TPSA) is 18.5 Å². The summed E-state index contributed by atoms with van der Waals surface area (Å²) in [5, 5.41) is 2.26. The third-order valence-electron chi connectivity index (χ3n) is 2.86. The van der Waals surface area contributed by atoms with E-state index in [2.05, 4.69) is 52.2 Å². The standard InChI is InChI=1S/C13H19N3/c1-2-8-14-16-11-9-15(10-12-16)13-6-4-3-5-7-13/h2-7,14H,1,8-12H2. The van der Waals surface area contributed by atoms with E-state index in [0.717, 1.165) is 32.7 Å². The van der Waals surface area contributed by atoms with Crippen LogP contribution in [0.25, 0.3) is 0 Å². The van der Waals surface area contributed by atoms with Gasteiger partial charge in [0, 0.05) is 38.4 Å². The first-order chi connectivity index (χ1) is 7.90. The Labute approximate surface area is 97.3 Å². The predicted molar refractivity (Wildman–Crippen MR) is 68.4 cm³/mol. The fourth-order valence-corrected chi connectivity index (χ4v) is 1.96. The molecule has 3 nitrogen and oxygen atoms in total. The molecule has 0 amide bonds. The number of anilines is 1. The lowest BCUT2D eigenvalue weighted by atomic mass is 10.2. The van der Waals surface area contributed by atoms with E-state index >= 15 is 0 Å². The fourth-order valence-electron chi connectivity index (χ4n) is 1.96. The first-order valence-corrected chi connectivity index (χ1v) is 5.79. The van der Waals surface area contributed by atoms with Crippen molar-refractivity contribution in [3.8, 4) is 0 Å². The molecule has 1 saturated heterocycles. The number of benzene rings is 1. The normalized spacial score (nSPS) is 17.4. The Kier molecular flexibility index (Phi) is 3.97. The average Bonchev–Trinajstić information content (AvgIpc) is 2.38. The van der Waals surface area contributed by atoms with Gasteiger partial charge in [-0.1, -0.05) is 24.3 Å². The van der Waals surface area contributed by atoms with Crippen molar-refractivity contribution >= 4 is 5.69 Å². The first kappa shape index (κ1) is 11.2. The van der Waals surface area contributed by atoms with Gasteiger partial charge >= 0.3 is 0 Å². The minimum Gasteiger partial charge on any atom is -0.369 e. The summed E-state index contributed by atoms with van der Waals surface area (Å²) in [6.45, 7) is 8.83. The van der Waals surface area contributed by atoms with Crippen LogP contribution < -0.4 is 10.3 Å². The van der Waals surface area contributed by atoms with Crippen molar-refractivity contribution in [2.24, 2.45) is 0 Å². The Hall–Kier alpha value is -1.32. The molecule has 1 fully saturated rings. The van der Waals surface area contributed by atoms with Crippen molar-refractivity contribution in [3.63, 3.8) is 0 Å². The number of hydrogen-bond donors (Lipinski definition) is 1. The fraction of sp³-hybridized carbons (Fsp3) is 0.385. The van der Waals surface area contributed by atoms with Gasteiger partial charge in [-0.05, 0) is 12.1 Å². The lowest BCUT2D eigenvalue weighted by molar-refractivity contribution is 0.185. The van der Waals surface area contributed by atoms with Gasteiger partial charge in [0.15, 0.2) is 0 Å². The molecule has 0 radical (unpaired) electrons. The number of hydrazine groups is 1. The highest BCUT2D eigenvalue weighted by atomic mass is 15.5. The zero-order chi connectivity index (χ0) is 11.2. The highest BCUT2D eigenvalue weighted by molar-refractivity contribution is 5.46. The molecule has 0 bridgehead atoms. The lowest BCUT2D eigenvalue weighted by Crippen LogP contribution is -2.52. The van der Waals surface area contributed by atoms with Gasteiger partial charge in [0.1, 0.15) is 0 Å². The summed E-state index contributed by atoms with van der Waals surface area (Å²) in [6, 6.07) is 10.6. The lowest BCUT2D eigenvalue weighted by Gasteiger charge is -2.36. The summed E-state index contributed by atoms with van der Waals surface area (Å²) in [5.74, 6) is 0. The minimum atomic E-state index is 0.853. The van der Waals surface area contributed by atoms with Crippen LogP contribution in [-0.2, 0) is 0 Å². The van der Waals surface area contributed by atoms with Crippen LogP contribution in [-0.4, -0.2) is 37.7 Å².